The minimum Gasteiger partial charge on any atom is -0.378 e. The zero-order valence-corrected chi connectivity index (χ0v) is 11.8. The third kappa shape index (κ3) is 7.67. The molecule has 0 spiro atoms. The fourth-order valence-corrected chi connectivity index (χ4v) is 2.06. The summed E-state index contributed by atoms with van der Waals surface area (Å²) in [6, 6.07) is 0. The molecule has 1 amide bonds. The highest BCUT2D eigenvalue weighted by Crippen LogP contribution is 2.14. The lowest BCUT2D eigenvalue weighted by Gasteiger charge is -2.22. The predicted molar refractivity (Wildman–Crippen MR) is 73.5 cm³/mol. The molecule has 18 heavy (non-hydrogen) atoms. The van der Waals surface area contributed by atoms with Gasteiger partial charge in [0.1, 0.15) is 0 Å². The molecule has 1 fully saturated rings. The van der Waals surface area contributed by atoms with E-state index >= 15 is 0 Å². The minimum atomic E-state index is 0.0974. The van der Waals surface area contributed by atoms with Crippen LogP contribution in [-0.4, -0.2) is 38.3 Å². The van der Waals surface area contributed by atoms with Crippen molar-refractivity contribution < 1.29 is 9.53 Å². The summed E-state index contributed by atoms with van der Waals surface area (Å²) in [5.41, 5.74) is 0. The largest absolute Gasteiger partial charge is 0.378 e. The van der Waals surface area contributed by atoms with Crippen molar-refractivity contribution in [3.63, 3.8) is 0 Å². The maximum absolute atomic E-state index is 11.5. The molecule has 0 radical (unpaired) electrons. The molecule has 0 aromatic carbocycles. The molecule has 1 unspecified atom stereocenters. The summed E-state index contributed by atoms with van der Waals surface area (Å²) < 4.78 is 5.64. The molecule has 0 aliphatic carbocycles. The van der Waals surface area contributed by atoms with Crippen molar-refractivity contribution in [1.29, 1.82) is 0 Å². The molecule has 1 saturated heterocycles. The Morgan fingerprint density at radius 2 is 2.17 bits per heavy atom. The van der Waals surface area contributed by atoms with Gasteiger partial charge in [-0.15, -0.1) is 0 Å². The Kier molecular flexibility index (Phi) is 8.01. The van der Waals surface area contributed by atoms with Gasteiger partial charge >= 0.3 is 0 Å². The van der Waals surface area contributed by atoms with E-state index in [1.54, 1.807) is 0 Å². The van der Waals surface area contributed by atoms with E-state index in [9.17, 15) is 4.79 Å². The minimum absolute atomic E-state index is 0.0974. The number of carbonyl (C=O) groups excluding carboxylic acids is 1. The van der Waals surface area contributed by atoms with Crippen LogP contribution in [0.2, 0.25) is 0 Å². The standard InChI is InChI=1S/C14H28N2O2/c1-12(2)6-9-16-14(17)11-15-8-7-13-5-3-4-10-18-13/h12-13,15H,3-11H2,1-2H3,(H,16,17). The molecule has 1 aliphatic heterocycles. The van der Waals surface area contributed by atoms with E-state index in [-0.39, 0.29) is 5.91 Å². The van der Waals surface area contributed by atoms with Crippen molar-refractivity contribution in [2.45, 2.75) is 52.1 Å². The lowest BCUT2D eigenvalue weighted by molar-refractivity contribution is -0.120. The van der Waals surface area contributed by atoms with Crippen molar-refractivity contribution >= 4 is 5.91 Å². The lowest BCUT2D eigenvalue weighted by atomic mass is 10.1. The molecule has 4 nitrogen and oxygen atoms in total. The number of amides is 1. The Labute approximate surface area is 111 Å². The highest BCUT2D eigenvalue weighted by atomic mass is 16.5. The molecule has 1 aliphatic rings. The highest BCUT2D eigenvalue weighted by molar-refractivity contribution is 5.77. The maximum atomic E-state index is 11.5. The molecule has 0 bridgehead atoms. The summed E-state index contributed by atoms with van der Waals surface area (Å²) in [6.45, 7) is 7.29. The molecule has 4 heteroatoms. The summed E-state index contributed by atoms with van der Waals surface area (Å²) in [4.78, 5) is 11.5. The Morgan fingerprint density at radius 1 is 1.33 bits per heavy atom. The van der Waals surface area contributed by atoms with E-state index < -0.39 is 0 Å². The van der Waals surface area contributed by atoms with Crippen LogP contribution in [0.3, 0.4) is 0 Å². The first-order chi connectivity index (χ1) is 8.68. The third-order valence-electron chi connectivity index (χ3n) is 3.25. The average molecular weight is 256 g/mol. The lowest BCUT2D eigenvalue weighted by Crippen LogP contribution is -2.36. The van der Waals surface area contributed by atoms with Crippen molar-refractivity contribution in [2.24, 2.45) is 5.92 Å². The van der Waals surface area contributed by atoms with Crippen LogP contribution in [0.5, 0.6) is 0 Å². The van der Waals surface area contributed by atoms with Crippen LogP contribution in [-0.2, 0) is 9.53 Å². The smallest absolute Gasteiger partial charge is 0.233 e. The first kappa shape index (κ1) is 15.4. The van der Waals surface area contributed by atoms with Gasteiger partial charge in [-0.3, -0.25) is 4.79 Å². The summed E-state index contributed by atoms with van der Waals surface area (Å²) in [7, 11) is 0. The fourth-order valence-electron chi connectivity index (χ4n) is 2.06. The van der Waals surface area contributed by atoms with Crippen LogP contribution in [0.4, 0.5) is 0 Å². The van der Waals surface area contributed by atoms with Gasteiger partial charge in [0.2, 0.25) is 5.91 Å². The summed E-state index contributed by atoms with van der Waals surface area (Å²) >= 11 is 0. The number of hydrogen-bond donors (Lipinski definition) is 2. The van der Waals surface area contributed by atoms with Gasteiger partial charge in [-0.2, -0.15) is 0 Å². The predicted octanol–water partition coefficient (Wildman–Crippen LogP) is 1.70. The van der Waals surface area contributed by atoms with E-state index in [4.69, 9.17) is 4.74 Å². The average Bonchev–Trinajstić information content (AvgIpc) is 2.35. The topological polar surface area (TPSA) is 50.4 Å². The number of nitrogens with one attached hydrogen (secondary N) is 2. The van der Waals surface area contributed by atoms with Crippen LogP contribution in [0, 0.1) is 5.92 Å². The van der Waals surface area contributed by atoms with Crippen LogP contribution in [0.25, 0.3) is 0 Å². The van der Waals surface area contributed by atoms with Gasteiger partial charge in [0.25, 0.3) is 0 Å². The van der Waals surface area contributed by atoms with Crippen molar-refractivity contribution in [3.05, 3.63) is 0 Å². The van der Waals surface area contributed by atoms with Gasteiger partial charge < -0.3 is 15.4 Å². The number of carbonyl (C=O) groups is 1. The molecular weight excluding hydrogens is 228 g/mol. The second-order valence-corrected chi connectivity index (χ2v) is 5.49. The summed E-state index contributed by atoms with van der Waals surface area (Å²) in [5, 5.41) is 6.10. The molecule has 1 atom stereocenters. The van der Waals surface area contributed by atoms with E-state index in [2.05, 4.69) is 24.5 Å². The number of hydrogen-bond acceptors (Lipinski definition) is 3. The molecule has 1 heterocycles. The first-order valence-electron chi connectivity index (χ1n) is 7.27. The molecule has 0 saturated carbocycles. The Morgan fingerprint density at radius 3 is 2.83 bits per heavy atom. The van der Waals surface area contributed by atoms with Gasteiger partial charge in [-0.1, -0.05) is 13.8 Å². The zero-order chi connectivity index (χ0) is 13.2. The SMILES string of the molecule is CC(C)CCNC(=O)CNCCC1CCCCO1. The van der Waals surface area contributed by atoms with Gasteiger partial charge in [0, 0.05) is 13.2 Å². The third-order valence-corrected chi connectivity index (χ3v) is 3.25. The molecule has 106 valence electrons. The van der Waals surface area contributed by atoms with Gasteiger partial charge in [0.05, 0.1) is 12.6 Å². The van der Waals surface area contributed by atoms with Crippen LogP contribution in [0.15, 0.2) is 0 Å². The zero-order valence-electron chi connectivity index (χ0n) is 11.8. The molecule has 0 aromatic heterocycles. The van der Waals surface area contributed by atoms with Crippen LogP contribution < -0.4 is 10.6 Å². The van der Waals surface area contributed by atoms with Crippen molar-refractivity contribution in [3.8, 4) is 0 Å². The summed E-state index contributed by atoms with van der Waals surface area (Å²) in [5.74, 6) is 0.738. The van der Waals surface area contributed by atoms with Crippen molar-refractivity contribution in [1.82, 2.24) is 10.6 Å². The quantitative estimate of drug-likeness (QED) is 0.650. The Hall–Kier alpha value is -0.610. The van der Waals surface area contributed by atoms with Crippen molar-refractivity contribution in [2.75, 3.05) is 26.2 Å². The van der Waals surface area contributed by atoms with E-state index in [0.717, 1.165) is 32.5 Å². The monoisotopic (exact) mass is 256 g/mol. The first-order valence-corrected chi connectivity index (χ1v) is 7.27. The van der Waals surface area contributed by atoms with Gasteiger partial charge in [-0.25, -0.2) is 0 Å². The van der Waals surface area contributed by atoms with Gasteiger partial charge in [0.15, 0.2) is 0 Å². The second-order valence-electron chi connectivity index (χ2n) is 5.49. The number of rotatable bonds is 8. The van der Waals surface area contributed by atoms with E-state index in [1.165, 1.54) is 19.3 Å². The maximum Gasteiger partial charge on any atom is 0.233 e. The van der Waals surface area contributed by atoms with E-state index in [1.807, 2.05) is 0 Å². The van der Waals surface area contributed by atoms with E-state index in [0.29, 0.717) is 18.6 Å². The van der Waals surface area contributed by atoms with Crippen LogP contribution >= 0.6 is 0 Å². The summed E-state index contributed by atoms with van der Waals surface area (Å²) in [6.07, 6.45) is 6.10. The molecule has 2 N–H and O–H groups in total. The number of ether oxygens (including phenoxy) is 1. The molecule has 1 rings (SSSR count). The molecular formula is C14H28N2O2. The van der Waals surface area contributed by atoms with Gasteiger partial charge in [-0.05, 0) is 44.6 Å². The van der Waals surface area contributed by atoms with Crippen LogP contribution in [0.1, 0.15) is 46.0 Å². The Bertz CT molecular complexity index is 226. The normalized spacial score (nSPS) is 20.1. The molecule has 0 aromatic rings. The highest BCUT2D eigenvalue weighted by Gasteiger charge is 2.13. The second kappa shape index (κ2) is 9.34. The fraction of sp³-hybridized carbons (Fsp3) is 0.929. The Balaban J connectivity index is 1.91.